The smallest absolute Gasteiger partial charge is 0.407 e. The summed E-state index contributed by atoms with van der Waals surface area (Å²) in [7, 11) is 1.22. The van der Waals surface area contributed by atoms with Crippen LogP contribution in [0.3, 0.4) is 0 Å². The molecular formula is C25H29NO6. The van der Waals surface area contributed by atoms with Crippen molar-refractivity contribution >= 4 is 18.0 Å². The quantitative estimate of drug-likeness (QED) is 0.514. The van der Waals surface area contributed by atoms with Gasteiger partial charge in [0.25, 0.3) is 0 Å². The predicted octanol–water partition coefficient (Wildman–Crippen LogP) is 4.19. The summed E-state index contributed by atoms with van der Waals surface area (Å²) >= 11 is 0. The van der Waals surface area contributed by atoms with Crippen LogP contribution >= 0.6 is 0 Å². The highest BCUT2D eigenvalue weighted by Gasteiger charge is 2.30. The van der Waals surface area contributed by atoms with Gasteiger partial charge in [0.2, 0.25) is 0 Å². The average molecular weight is 440 g/mol. The predicted molar refractivity (Wildman–Crippen MR) is 119 cm³/mol. The fraction of sp³-hybridized carbons (Fsp3) is 0.400. The van der Waals surface area contributed by atoms with Crippen molar-refractivity contribution < 1.29 is 28.6 Å². The Labute approximate surface area is 188 Å². The maximum Gasteiger partial charge on any atom is 0.407 e. The lowest BCUT2D eigenvalue weighted by atomic mass is 9.98. The van der Waals surface area contributed by atoms with Crippen molar-refractivity contribution in [2.75, 3.05) is 13.7 Å². The molecule has 0 fully saturated rings. The zero-order chi connectivity index (χ0) is 23.3. The summed E-state index contributed by atoms with van der Waals surface area (Å²) in [5.41, 5.74) is 3.81. The minimum absolute atomic E-state index is 0.0410. The van der Waals surface area contributed by atoms with Crippen LogP contribution in [-0.2, 0) is 23.8 Å². The van der Waals surface area contributed by atoms with E-state index in [1.807, 2.05) is 36.4 Å². The number of ether oxygens (including phenoxy) is 3. The number of methoxy groups -OCH3 is 1. The van der Waals surface area contributed by atoms with E-state index < -0.39 is 29.7 Å². The lowest BCUT2D eigenvalue weighted by Gasteiger charge is -2.21. The molecule has 1 aliphatic carbocycles. The van der Waals surface area contributed by atoms with Crippen molar-refractivity contribution in [1.29, 1.82) is 0 Å². The highest BCUT2D eigenvalue weighted by molar-refractivity contribution is 5.82. The van der Waals surface area contributed by atoms with Gasteiger partial charge in [0.15, 0.2) is 0 Å². The summed E-state index contributed by atoms with van der Waals surface area (Å²) in [5, 5.41) is 2.51. The number of alkyl carbamates (subject to hydrolysis) is 1. The van der Waals surface area contributed by atoms with Gasteiger partial charge >= 0.3 is 18.0 Å². The molecule has 3 rings (SSSR count). The molecule has 170 valence electrons. The van der Waals surface area contributed by atoms with Crippen LogP contribution in [0.5, 0.6) is 0 Å². The number of nitrogens with one attached hydrogen (secondary N) is 1. The number of amides is 1. The number of fused-ring (bicyclic) bond motifs is 3. The van der Waals surface area contributed by atoms with E-state index in [2.05, 4.69) is 17.4 Å². The minimum atomic E-state index is -1.01. The zero-order valence-corrected chi connectivity index (χ0v) is 18.8. The molecule has 32 heavy (non-hydrogen) atoms. The molecule has 2 aromatic rings. The number of hydrogen-bond acceptors (Lipinski definition) is 6. The number of carbonyl (C=O) groups is 3. The molecule has 7 nitrogen and oxygen atoms in total. The first-order valence-corrected chi connectivity index (χ1v) is 10.6. The molecule has 1 aliphatic rings. The molecule has 0 aromatic heterocycles. The van der Waals surface area contributed by atoms with Gasteiger partial charge in [-0.25, -0.2) is 9.59 Å². The van der Waals surface area contributed by atoms with Gasteiger partial charge in [0, 0.05) is 12.3 Å². The molecule has 7 heteroatoms. The number of benzene rings is 2. The molecule has 0 aliphatic heterocycles. The molecule has 0 unspecified atom stereocenters. The van der Waals surface area contributed by atoms with Gasteiger partial charge in [-0.1, -0.05) is 48.5 Å². The van der Waals surface area contributed by atoms with Gasteiger partial charge in [-0.2, -0.15) is 0 Å². The Kier molecular flexibility index (Phi) is 7.18. The second-order valence-corrected chi connectivity index (χ2v) is 8.67. The Morgan fingerprint density at radius 2 is 1.53 bits per heavy atom. The molecule has 0 radical (unpaired) electrons. The van der Waals surface area contributed by atoms with Crippen LogP contribution in [0.25, 0.3) is 11.1 Å². The summed E-state index contributed by atoms with van der Waals surface area (Å²) < 4.78 is 15.5. The summed E-state index contributed by atoms with van der Waals surface area (Å²) in [6.45, 7) is 5.41. The van der Waals surface area contributed by atoms with Crippen molar-refractivity contribution in [2.24, 2.45) is 0 Å². The highest BCUT2D eigenvalue weighted by atomic mass is 16.6. The molecule has 2 aromatic carbocycles. The lowest BCUT2D eigenvalue weighted by Crippen LogP contribution is -2.42. The first-order valence-electron chi connectivity index (χ1n) is 10.6. The maximum atomic E-state index is 12.5. The molecule has 0 saturated heterocycles. The van der Waals surface area contributed by atoms with Crippen molar-refractivity contribution in [3.63, 3.8) is 0 Å². The second-order valence-electron chi connectivity index (χ2n) is 8.67. The lowest BCUT2D eigenvalue weighted by molar-refractivity contribution is -0.155. The SMILES string of the molecule is COC(=O)[C@H](CCC(=O)OC(C)(C)C)NC(=O)OCC1c2ccccc2-c2ccccc21. The standard InChI is InChI=1S/C25H29NO6/c1-25(2,3)32-22(27)14-13-21(23(28)30-4)26-24(29)31-15-20-18-11-7-5-9-16(18)17-10-6-8-12-19(17)20/h5-12,20-21H,13-15H2,1-4H3,(H,26,29)/t21-/m0/s1. The molecule has 0 heterocycles. The summed E-state index contributed by atoms with van der Waals surface area (Å²) in [5.74, 6) is -1.20. The maximum absolute atomic E-state index is 12.5. The normalized spacial score (nSPS) is 13.5. The Morgan fingerprint density at radius 3 is 2.06 bits per heavy atom. The summed E-state index contributed by atoms with van der Waals surface area (Å²) in [4.78, 5) is 36.5. The van der Waals surface area contributed by atoms with Crippen LogP contribution in [0.15, 0.2) is 48.5 Å². The van der Waals surface area contributed by atoms with Crippen molar-refractivity contribution in [2.45, 2.75) is 51.2 Å². The van der Waals surface area contributed by atoms with E-state index in [4.69, 9.17) is 14.2 Å². The first kappa shape index (κ1) is 23.3. The highest BCUT2D eigenvalue weighted by Crippen LogP contribution is 2.44. The van der Waals surface area contributed by atoms with Crippen LogP contribution < -0.4 is 5.32 Å². The molecular weight excluding hydrogens is 410 g/mol. The van der Waals surface area contributed by atoms with E-state index in [0.717, 1.165) is 22.3 Å². The van der Waals surface area contributed by atoms with Crippen LogP contribution in [0, 0.1) is 0 Å². The van der Waals surface area contributed by atoms with Crippen LogP contribution in [-0.4, -0.2) is 43.4 Å². The van der Waals surface area contributed by atoms with Crippen LogP contribution in [0.4, 0.5) is 4.79 Å². The number of rotatable bonds is 7. The molecule has 0 bridgehead atoms. The number of carbonyl (C=O) groups excluding carboxylic acids is 3. The van der Waals surface area contributed by atoms with Gasteiger partial charge in [-0.05, 0) is 49.4 Å². The zero-order valence-electron chi connectivity index (χ0n) is 18.8. The van der Waals surface area contributed by atoms with Crippen LogP contribution in [0.2, 0.25) is 0 Å². The van der Waals surface area contributed by atoms with E-state index in [9.17, 15) is 14.4 Å². The Bertz CT molecular complexity index is 948. The van der Waals surface area contributed by atoms with E-state index in [1.54, 1.807) is 20.8 Å². The van der Waals surface area contributed by atoms with Gasteiger partial charge in [-0.15, -0.1) is 0 Å². The summed E-state index contributed by atoms with van der Waals surface area (Å²) in [6.07, 6.45) is -0.738. The third kappa shape index (κ3) is 5.66. The van der Waals surface area contributed by atoms with Gasteiger partial charge in [-0.3, -0.25) is 4.79 Å². The Hall–Kier alpha value is -3.35. The van der Waals surface area contributed by atoms with Gasteiger partial charge < -0.3 is 19.5 Å². The molecule has 1 N–H and O–H groups in total. The summed E-state index contributed by atoms with van der Waals surface area (Å²) in [6, 6.07) is 15.0. The number of hydrogen-bond donors (Lipinski definition) is 1. The fourth-order valence-electron chi connectivity index (χ4n) is 3.83. The van der Waals surface area contributed by atoms with Crippen LogP contribution in [0.1, 0.15) is 50.7 Å². The van der Waals surface area contributed by atoms with E-state index in [-0.39, 0.29) is 25.4 Å². The fourth-order valence-corrected chi connectivity index (χ4v) is 3.83. The van der Waals surface area contributed by atoms with Crippen molar-refractivity contribution in [3.05, 3.63) is 59.7 Å². The van der Waals surface area contributed by atoms with E-state index in [1.165, 1.54) is 7.11 Å². The topological polar surface area (TPSA) is 90.9 Å². The van der Waals surface area contributed by atoms with Crippen molar-refractivity contribution in [1.82, 2.24) is 5.32 Å². The van der Waals surface area contributed by atoms with E-state index in [0.29, 0.717) is 0 Å². The third-order valence-electron chi connectivity index (χ3n) is 5.18. The number of esters is 2. The molecule has 0 spiro atoms. The molecule has 1 amide bonds. The Balaban J connectivity index is 1.61. The molecule has 1 atom stereocenters. The van der Waals surface area contributed by atoms with E-state index >= 15 is 0 Å². The second kappa shape index (κ2) is 9.85. The van der Waals surface area contributed by atoms with Gasteiger partial charge in [0.1, 0.15) is 18.2 Å². The first-order chi connectivity index (χ1) is 15.2. The monoisotopic (exact) mass is 439 g/mol. The minimum Gasteiger partial charge on any atom is -0.467 e. The average Bonchev–Trinajstić information content (AvgIpc) is 3.07. The Morgan fingerprint density at radius 1 is 0.969 bits per heavy atom. The van der Waals surface area contributed by atoms with Crippen molar-refractivity contribution in [3.8, 4) is 11.1 Å². The van der Waals surface area contributed by atoms with Gasteiger partial charge in [0.05, 0.1) is 7.11 Å². The largest absolute Gasteiger partial charge is 0.467 e. The third-order valence-corrected chi connectivity index (χ3v) is 5.18. The molecule has 0 saturated carbocycles.